The van der Waals surface area contributed by atoms with Crippen LogP contribution in [0.1, 0.15) is 104 Å². The molecule has 0 aromatic rings. The maximum atomic E-state index is 10.5. The molecule has 144 valence electrons. The lowest BCUT2D eigenvalue weighted by atomic mass is 10.0. The van der Waals surface area contributed by atoms with Crippen LogP contribution in [0.25, 0.3) is 0 Å². The summed E-state index contributed by atoms with van der Waals surface area (Å²) in [6, 6.07) is 0. The SMILES string of the molecule is CCCCCCCCCCCCCCCNC(CC)NCC(=O)O. The molecule has 1 unspecified atom stereocenters. The molecule has 3 N–H and O–H groups in total. The third kappa shape index (κ3) is 17.7. The molecule has 4 nitrogen and oxygen atoms in total. The van der Waals surface area contributed by atoms with Crippen LogP contribution in [0, 0.1) is 0 Å². The number of carboxylic acids is 1. The van der Waals surface area contributed by atoms with Crippen LogP contribution in [0.4, 0.5) is 0 Å². The molecule has 0 aliphatic carbocycles. The van der Waals surface area contributed by atoms with Gasteiger partial charge in [-0.2, -0.15) is 0 Å². The summed E-state index contributed by atoms with van der Waals surface area (Å²) in [6.45, 7) is 5.35. The summed E-state index contributed by atoms with van der Waals surface area (Å²) in [5.41, 5.74) is 0. The molecule has 0 radical (unpaired) electrons. The van der Waals surface area contributed by atoms with E-state index in [4.69, 9.17) is 5.11 Å². The van der Waals surface area contributed by atoms with Gasteiger partial charge in [-0.05, 0) is 19.4 Å². The van der Waals surface area contributed by atoms with Gasteiger partial charge in [0.05, 0.1) is 12.7 Å². The first-order chi connectivity index (χ1) is 11.7. The summed E-state index contributed by atoms with van der Waals surface area (Å²) < 4.78 is 0. The largest absolute Gasteiger partial charge is 0.480 e. The number of aliphatic carboxylic acids is 1. The van der Waals surface area contributed by atoms with Gasteiger partial charge in [-0.1, -0.05) is 90.9 Å². The number of nitrogens with one attached hydrogen (secondary N) is 2. The second-order valence-corrected chi connectivity index (χ2v) is 6.93. The Bertz CT molecular complexity index is 272. The number of carbonyl (C=O) groups is 1. The Morgan fingerprint density at radius 3 is 1.62 bits per heavy atom. The molecule has 4 heteroatoms. The van der Waals surface area contributed by atoms with Crippen molar-refractivity contribution in [2.75, 3.05) is 13.1 Å². The van der Waals surface area contributed by atoms with Crippen LogP contribution in [-0.4, -0.2) is 30.3 Å². The van der Waals surface area contributed by atoms with Crippen LogP contribution >= 0.6 is 0 Å². The highest BCUT2D eigenvalue weighted by atomic mass is 16.4. The number of hydrogen-bond donors (Lipinski definition) is 3. The molecule has 0 saturated carbocycles. The lowest BCUT2D eigenvalue weighted by Gasteiger charge is -2.17. The molecule has 0 heterocycles. The Balaban J connectivity index is 3.20. The smallest absolute Gasteiger partial charge is 0.317 e. The fraction of sp³-hybridized carbons (Fsp3) is 0.950. The normalized spacial score (nSPS) is 12.4. The lowest BCUT2D eigenvalue weighted by Crippen LogP contribution is -2.44. The van der Waals surface area contributed by atoms with Crippen LogP contribution < -0.4 is 10.6 Å². The quantitative estimate of drug-likeness (QED) is 0.226. The Morgan fingerprint density at radius 1 is 0.750 bits per heavy atom. The van der Waals surface area contributed by atoms with E-state index in [1.807, 2.05) is 0 Å². The van der Waals surface area contributed by atoms with E-state index in [1.54, 1.807) is 0 Å². The second kappa shape index (κ2) is 18.7. The summed E-state index contributed by atoms with van der Waals surface area (Å²) in [5, 5.41) is 15.1. The van der Waals surface area contributed by atoms with Gasteiger partial charge in [-0.15, -0.1) is 0 Å². The number of rotatable bonds is 19. The third-order valence-corrected chi connectivity index (χ3v) is 4.58. The zero-order chi connectivity index (χ0) is 17.9. The minimum absolute atomic E-state index is 0.0319. The molecule has 0 amide bonds. The highest BCUT2D eigenvalue weighted by molar-refractivity contribution is 5.69. The van der Waals surface area contributed by atoms with Gasteiger partial charge in [-0.3, -0.25) is 10.1 Å². The fourth-order valence-electron chi connectivity index (χ4n) is 2.99. The van der Waals surface area contributed by atoms with E-state index in [2.05, 4.69) is 24.5 Å². The number of unbranched alkanes of at least 4 members (excludes halogenated alkanes) is 12. The highest BCUT2D eigenvalue weighted by Gasteiger charge is 2.05. The Hall–Kier alpha value is -0.610. The van der Waals surface area contributed by atoms with Crippen LogP contribution in [0.3, 0.4) is 0 Å². The van der Waals surface area contributed by atoms with Crippen molar-refractivity contribution in [1.82, 2.24) is 10.6 Å². The predicted octanol–water partition coefficient (Wildman–Crippen LogP) is 5.08. The van der Waals surface area contributed by atoms with Crippen molar-refractivity contribution in [2.24, 2.45) is 0 Å². The molecule has 0 aliphatic rings. The molecule has 0 aromatic carbocycles. The first-order valence-corrected chi connectivity index (χ1v) is 10.4. The van der Waals surface area contributed by atoms with Crippen molar-refractivity contribution < 1.29 is 9.90 Å². The van der Waals surface area contributed by atoms with E-state index in [9.17, 15) is 4.79 Å². The fourth-order valence-corrected chi connectivity index (χ4v) is 2.99. The van der Waals surface area contributed by atoms with Gasteiger partial charge in [0.1, 0.15) is 0 Å². The summed E-state index contributed by atoms with van der Waals surface area (Å²) in [4.78, 5) is 10.5. The molecule has 0 rings (SSSR count). The monoisotopic (exact) mass is 342 g/mol. The molecule has 0 saturated heterocycles. The van der Waals surface area contributed by atoms with Gasteiger partial charge in [0, 0.05) is 0 Å². The molecule has 24 heavy (non-hydrogen) atoms. The summed E-state index contributed by atoms with van der Waals surface area (Å²) in [5.74, 6) is -0.795. The van der Waals surface area contributed by atoms with Crippen LogP contribution in [0.2, 0.25) is 0 Å². The molecule has 0 spiro atoms. The van der Waals surface area contributed by atoms with E-state index in [0.29, 0.717) is 0 Å². The number of carboxylic acid groups (broad SMARTS) is 1. The van der Waals surface area contributed by atoms with Crippen LogP contribution in [0.15, 0.2) is 0 Å². The van der Waals surface area contributed by atoms with Crippen LogP contribution in [0.5, 0.6) is 0 Å². The zero-order valence-corrected chi connectivity index (χ0v) is 16.2. The molecular formula is C20H42N2O2. The molecular weight excluding hydrogens is 300 g/mol. The van der Waals surface area contributed by atoms with Crippen molar-refractivity contribution in [3.8, 4) is 0 Å². The van der Waals surface area contributed by atoms with Gasteiger partial charge >= 0.3 is 5.97 Å². The van der Waals surface area contributed by atoms with Crippen molar-refractivity contribution in [3.63, 3.8) is 0 Å². The summed E-state index contributed by atoms with van der Waals surface area (Å²) in [6.07, 6.45) is 18.9. The average molecular weight is 343 g/mol. The van der Waals surface area contributed by atoms with Crippen molar-refractivity contribution in [2.45, 2.75) is 110 Å². The first-order valence-electron chi connectivity index (χ1n) is 10.4. The maximum Gasteiger partial charge on any atom is 0.317 e. The maximum absolute atomic E-state index is 10.5. The third-order valence-electron chi connectivity index (χ3n) is 4.58. The summed E-state index contributed by atoms with van der Waals surface area (Å²) >= 11 is 0. The van der Waals surface area contributed by atoms with Crippen molar-refractivity contribution in [1.29, 1.82) is 0 Å². The molecule has 0 aliphatic heterocycles. The number of hydrogen-bond acceptors (Lipinski definition) is 3. The van der Waals surface area contributed by atoms with Gasteiger partial charge in [0.2, 0.25) is 0 Å². The van der Waals surface area contributed by atoms with Gasteiger partial charge in [0.25, 0.3) is 0 Å². The van der Waals surface area contributed by atoms with Gasteiger partial charge < -0.3 is 10.4 Å². The molecule has 1 atom stereocenters. The van der Waals surface area contributed by atoms with E-state index >= 15 is 0 Å². The van der Waals surface area contributed by atoms with E-state index < -0.39 is 5.97 Å². The first kappa shape index (κ1) is 23.4. The Labute approximate surface area is 150 Å². The standard InChI is InChI=1S/C20H42N2O2/c1-3-5-6-7-8-9-10-11-12-13-14-15-16-17-21-19(4-2)22-18-20(23)24/h19,21-22H,3-18H2,1-2H3,(H,23,24). The van der Waals surface area contributed by atoms with E-state index in [0.717, 1.165) is 13.0 Å². The van der Waals surface area contributed by atoms with Crippen molar-refractivity contribution >= 4 is 5.97 Å². The van der Waals surface area contributed by atoms with Crippen LogP contribution in [-0.2, 0) is 4.79 Å². The topological polar surface area (TPSA) is 61.4 Å². The van der Waals surface area contributed by atoms with Gasteiger partial charge in [-0.25, -0.2) is 0 Å². The highest BCUT2D eigenvalue weighted by Crippen LogP contribution is 2.12. The molecule has 0 fully saturated rings. The predicted molar refractivity (Wildman–Crippen MR) is 103 cm³/mol. The minimum atomic E-state index is -0.795. The zero-order valence-electron chi connectivity index (χ0n) is 16.2. The minimum Gasteiger partial charge on any atom is -0.480 e. The molecule has 0 bridgehead atoms. The lowest BCUT2D eigenvalue weighted by molar-refractivity contribution is -0.136. The van der Waals surface area contributed by atoms with Gasteiger partial charge in [0.15, 0.2) is 0 Å². The second-order valence-electron chi connectivity index (χ2n) is 6.93. The van der Waals surface area contributed by atoms with E-state index in [1.165, 1.54) is 83.5 Å². The summed E-state index contributed by atoms with van der Waals surface area (Å²) in [7, 11) is 0. The average Bonchev–Trinajstić information content (AvgIpc) is 2.57. The Morgan fingerprint density at radius 2 is 1.21 bits per heavy atom. The van der Waals surface area contributed by atoms with Crippen molar-refractivity contribution in [3.05, 3.63) is 0 Å². The molecule has 0 aromatic heterocycles. The van der Waals surface area contributed by atoms with E-state index in [-0.39, 0.29) is 12.7 Å². The Kier molecular flexibility index (Phi) is 18.2.